The fourth-order valence-corrected chi connectivity index (χ4v) is 4.20. The highest BCUT2D eigenvalue weighted by atomic mass is 79.9. The summed E-state index contributed by atoms with van der Waals surface area (Å²) in [6, 6.07) is 5.55. The summed E-state index contributed by atoms with van der Waals surface area (Å²) in [5, 5.41) is 0. The first kappa shape index (κ1) is 18.8. The van der Waals surface area contributed by atoms with Crippen LogP contribution in [0.5, 0.6) is 0 Å². The summed E-state index contributed by atoms with van der Waals surface area (Å²) in [6.07, 6.45) is -3.50. The summed E-state index contributed by atoms with van der Waals surface area (Å²) in [5.74, 6) is 0.140. The van der Waals surface area contributed by atoms with Crippen molar-refractivity contribution in [3.63, 3.8) is 0 Å². The van der Waals surface area contributed by atoms with Crippen molar-refractivity contribution in [1.82, 2.24) is 14.5 Å². The molecule has 0 aliphatic carbocycles. The van der Waals surface area contributed by atoms with E-state index in [-0.39, 0.29) is 22.0 Å². The van der Waals surface area contributed by atoms with Crippen LogP contribution < -0.4 is 0 Å². The third kappa shape index (κ3) is 3.23. The number of hydrogen-bond donors (Lipinski definition) is 0. The molecule has 0 saturated heterocycles. The van der Waals surface area contributed by atoms with Gasteiger partial charge in [0.1, 0.15) is 11.5 Å². The molecule has 0 bridgehead atoms. The Balaban J connectivity index is 2.29. The molecule has 0 radical (unpaired) electrons. The molecule has 5 nitrogen and oxygen atoms in total. The summed E-state index contributed by atoms with van der Waals surface area (Å²) in [7, 11) is -1.96. The molecule has 2 heterocycles. The van der Waals surface area contributed by atoms with Gasteiger partial charge in [-0.15, -0.1) is 0 Å². The lowest BCUT2D eigenvalue weighted by Gasteiger charge is -2.10. The van der Waals surface area contributed by atoms with Crippen molar-refractivity contribution in [2.45, 2.75) is 18.0 Å². The smallest absolute Gasteiger partial charge is 0.326 e. The molecule has 0 atom stereocenters. The van der Waals surface area contributed by atoms with Crippen LogP contribution in [0.1, 0.15) is 12.6 Å². The number of aromatic nitrogens is 3. The van der Waals surface area contributed by atoms with Gasteiger partial charge in [0, 0.05) is 17.1 Å². The van der Waals surface area contributed by atoms with Gasteiger partial charge in [0.25, 0.3) is 0 Å². The van der Waals surface area contributed by atoms with E-state index < -0.39 is 21.7 Å². The highest BCUT2D eigenvalue weighted by Crippen LogP contribution is 2.34. The molecule has 0 aliphatic rings. The van der Waals surface area contributed by atoms with E-state index in [0.29, 0.717) is 15.6 Å². The Morgan fingerprint density at radius 3 is 2.54 bits per heavy atom. The number of alkyl halides is 3. The number of halogens is 4. The highest BCUT2D eigenvalue weighted by molar-refractivity contribution is 9.10. The third-order valence-electron chi connectivity index (χ3n) is 3.96. The van der Waals surface area contributed by atoms with Crippen molar-refractivity contribution >= 4 is 36.8 Å². The molecule has 0 saturated carbocycles. The fraction of sp³-hybridized carbons (Fsp3) is 0.250. The average Bonchev–Trinajstić information content (AvgIpc) is 2.90. The second-order valence-electron chi connectivity index (χ2n) is 5.59. The molecule has 0 N–H and O–H groups in total. The van der Waals surface area contributed by atoms with Crippen molar-refractivity contribution in [2.24, 2.45) is 7.05 Å². The molecule has 26 heavy (non-hydrogen) atoms. The average molecular weight is 448 g/mol. The molecule has 3 rings (SSSR count). The van der Waals surface area contributed by atoms with Crippen LogP contribution >= 0.6 is 15.9 Å². The number of sulfone groups is 1. The van der Waals surface area contributed by atoms with Gasteiger partial charge in [0.2, 0.25) is 0 Å². The highest BCUT2D eigenvalue weighted by Gasteiger charge is 2.33. The molecule has 0 aliphatic heterocycles. The van der Waals surface area contributed by atoms with Crippen molar-refractivity contribution < 1.29 is 21.6 Å². The minimum Gasteiger partial charge on any atom is -0.326 e. The van der Waals surface area contributed by atoms with Crippen molar-refractivity contribution in [3.05, 3.63) is 40.6 Å². The summed E-state index contributed by atoms with van der Waals surface area (Å²) in [5.41, 5.74) is -0.266. The van der Waals surface area contributed by atoms with Gasteiger partial charge in [0.15, 0.2) is 9.84 Å². The Kier molecular flexibility index (Phi) is 4.60. The quantitative estimate of drug-likeness (QED) is 0.603. The monoisotopic (exact) mass is 447 g/mol. The van der Waals surface area contributed by atoms with Gasteiger partial charge in [-0.1, -0.05) is 22.9 Å². The number of aryl methyl sites for hydroxylation is 1. The normalized spacial score (nSPS) is 12.7. The van der Waals surface area contributed by atoms with Gasteiger partial charge in [-0.05, 0) is 24.3 Å². The maximum atomic E-state index is 12.9. The minimum absolute atomic E-state index is 0.0665. The Bertz CT molecular complexity index is 1110. The van der Waals surface area contributed by atoms with Crippen LogP contribution in [0, 0.1) is 0 Å². The molecule has 10 heteroatoms. The van der Waals surface area contributed by atoms with E-state index >= 15 is 0 Å². The first-order chi connectivity index (χ1) is 12.0. The Morgan fingerprint density at radius 1 is 1.23 bits per heavy atom. The second-order valence-corrected chi connectivity index (χ2v) is 8.76. The molecule has 138 valence electrons. The number of fused-ring (bicyclic) bond motifs is 1. The summed E-state index contributed by atoms with van der Waals surface area (Å²) in [6.45, 7) is 1.52. The maximum absolute atomic E-state index is 12.9. The molecule has 3 aromatic rings. The van der Waals surface area contributed by atoms with E-state index in [4.69, 9.17) is 0 Å². The lowest BCUT2D eigenvalue weighted by atomic mass is 10.2. The van der Waals surface area contributed by atoms with E-state index in [0.717, 1.165) is 12.3 Å². The van der Waals surface area contributed by atoms with Crippen LogP contribution in [0.15, 0.2) is 39.8 Å². The molecule has 2 aromatic heterocycles. The Labute approximate surface area is 155 Å². The second kappa shape index (κ2) is 6.34. The van der Waals surface area contributed by atoms with Crippen molar-refractivity contribution in [2.75, 3.05) is 5.75 Å². The van der Waals surface area contributed by atoms with Crippen LogP contribution in [0.2, 0.25) is 0 Å². The standard InChI is InChI=1S/C16H13BrF3N3O2S/c1-3-26(24,25)13-6-9(17)4-5-10(13)15-22-11-7-14(16(18,19)20)21-8-12(11)23(15)2/h4-8H,3H2,1-2H3. The Hall–Kier alpha value is -1.94. The predicted molar refractivity (Wildman–Crippen MR) is 94.4 cm³/mol. The first-order valence-electron chi connectivity index (χ1n) is 7.47. The zero-order valence-corrected chi connectivity index (χ0v) is 16.1. The van der Waals surface area contributed by atoms with E-state index in [2.05, 4.69) is 25.9 Å². The van der Waals surface area contributed by atoms with E-state index in [9.17, 15) is 21.6 Å². The van der Waals surface area contributed by atoms with E-state index in [1.807, 2.05) is 0 Å². The van der Waals surface area contributed by atoms with Crippen molar-refractivity contribution in [3.8, 4) is 11.4 Å². The largest absolute Gasteiger partial charge is 0.433 e. The number of rotatable bonds is 3. The van der Waals surface area contributed by atoms with E-state index in [1.165, 1.54) is 17.6 Å². The van der Waals surface area contributed by atoms with Crippen LogP contribution in [0.25, 0.3) is 22.4 Å². The maximum Gasteiger partial charge on any atom is 0.433 e. The Morgan fingerprint density at radius 2 is 1.92 bits per heavy atom. The summed E-state index contributed by atoms with van der Waals surface area (Å²) < 4.78 is 65.6. The number of hydrogen-bond acceptors (Lipinski definition) is 4. The minimum atomic E-state index is -4.58. The van der Waals surface area contributed by atoms with Gasteiger partial charge in [-0.25, -0.2) is 18.4 Å². The molecule has 0 amide bonds. The molecule has 1 aromatic carbocycles. The fourth-order valence-electron chi connectivity index (χ4n) is 2.58. The molecular weight excluding hydrogens is 435 g/mol. The van der Waals surface area contributed by atoms with Crippen LogP contribution in [0.3, 0.4) is 0 Å². The van der Waals surface area contributed by atoms with Crippen molar-refractivity contribution in [1.29, 1.82) is 0 Å². The van der Waals surface area contributed by atoms with Gasteiger partial charge >= 0.3 is 6.18 Å². The number of nitrogens with zero attached hydrogens (tertiary/aromatic N) is 3. The predicted octanol–water partition coefficient (Wildman–Crippen LogP) is 4.21. The molecule has 0 unspecified atom stereocenters. The zero-order valence-electron chi connectivity index (χ0n) is 13.7. The SMILES string of the molecule is CCS(=O)(=O)c1cc(Br)ccc1-c1nc2cc(C(F)(F)F)ncc2n1C. The number of benzene rings is 1. The summed E-state index contributed by atoms with van der Waals surface area (Å²) >= 11 is 3.25. The van der Waals surface area contributed by atoms with E-state index in [1.54, 1.807) is 19.2 Å². The number of pyridine rings is 1. The van der Waals surface area contributed by atoms with Gasteiger partial charge in [0.05, 0.1) is 27.9 Å². The lowest BCUT2D eigenvalue weighted by molar-refractivity contribution is -0.141. The van der Waals surface area contributed by atoms with Gasteiger partial charge in [-0.2, -0.15) is 13.2 Å². The molecule has 0 spiro atoms. The molecular formula is C16H13BrF3N3O2S. The topological polar surface area (TPSA) is 64.8 Å². The lowest BCUT2D eigenvalue weighted by Crippen LogP contribution is -2.07. The number of imidazole rings is 1. The molecule has 0 fully saturated rings. The van der Waals surface area contributed by atoms with Gasteiger partial charge < -0.3 is 4.57 Å². The summed E-state index contributed by atoms with van der Waals surface area (Å²) in [4.78, 5) is 7.74. The first-order valence-corrected chi connectivity index (χ1v) is 9.91. The van der Waals surface area contributed by atoms with Crippen LogP contribution in [-0.4, -0.2) is 28.7 Å². The van der Waals surface area contributed by atoms with Crippen LogP contribution in [0.4, 0.5) is 13.2 Å². The zero-order chi connectivity index (χ0) is 19.3. The third-order valence-corrected chi connectivity index (χ3v) is 6.22. The van der Waals surface area contributed by atoms with Gasteiger partial charge in [-0.3, -0.25) is 0 Å². The van der Waals surface area contributed by atoms with Crippen LogP contribution in [-0.2, 0) is 23.1 Å².